The average molecular weight is 272 g/mol. The van der Waals surface area contributed by atoms with Crippen LogP contribution >= 0.6 is 0 Å². The van der Waals surface area contributed by atoms with E-state index in [0.717, 1.165) is 5.75 Å². The number of aliphatic hydroxyl groups excluding tert-OH is 1. The molecule has 0 atom stereocenters. The van der Waals surface area contributed by atoms with Crippen molar-refractivity contribution < 1.29 is 14.9 Å². The van der Waals surface area contributed by atoms with Gasteiger partial charge in [0.15, 0.2) is 0 Å². The molecule has 2 aromatic rings. The summed E-state index contributed by atoms with van der Waals surface area (Å²) in [6, 6.07) is 13.7. The minimum Gasteiger partial charge on any atom is -0.508 e. The van der Waals surface area contributed by atoms with Crippen molar-refractivity contribution in [3.05, 3.63) is 48.5 Å². The van der Waals surface area contributed by atoms with Crippen LogP contribution in [0.4, 0.5) is 11.4 Å². The van der Waals surface area contributed by atoms with Crippen LogP contribution in [0, 0.1) is 0 Å². The number of aromatic hydroxyl groups is 1. The van der Waals surface area contributed by atoms with Crippen molar-refractivity contribution in [2.75, 3.05) is 13.2 Å². The van der Waals surface area contributed by atoms with Gasteiger partial charge in [-0.2, -0.15) is 10.2 Å². The molecule has 5 heteroatoms. The number of rotatable bonds is 6. The highest BCUT2D eigenvalue weighted by Crippen LogP contribution is 2.22. The molecule has 0 spiro atoms. The molecule has 0 saturated carbocycles. The van der Waals surface area contributed by atoms with Gasteiger partial charge in [0.25, 0.3) is 0 Å². The maximum Gasteiger partial charge on any atom is 0.119 e. The van der Waals surface area contributed by atoms with E-state index in [9.17, 15) is 0 Å². The molecule has 0 aliphatic heterocycles. The molecule has 0 amide bonds. The third-order valence-electron chi connectivity index (χ3n) is 2.54. The number of aliphatic hydroxyl groups is 1. The number of phenols is 1. The Morgan fingerprint density at radius 1 is 0.850 bits per heavy atom. The van der Waals surface area contributed by atoms with Gasteiger partial charge in [-0.05, 0) is 48.5 Å². The zero-order chi connectivity index (χ0) is 14.2. The van der Waals surface area contributed by atoms with Crippen LogP contribution in [0.2, 0.25) is 0 Å². The summed E-state index contributed by atoms with van der Waals surface area (Å²) in [5, 5.41) is 26.0. The normalized spacial score (nSPS) is 10.8. The Bertz CT molecular complexity index is 550. The number of ether oxygens (including phenoxy) is 1. The fourth-order valence-electron chi connectivity index (χ4n) is 1.50. The molecule has 0 fully saturated rings. The van der Waals surface area contributed by atoms with Crippen LogP contribution in [-0.4, -0.2) is 23.4 Å². The summed E-state index contributed by atoms with van der Waals surface area (Å²) in [6.07, 6.45) is 0.613. The summed E-state index contributed by atoms with van der Waals surface area (Å²) >= 11 is 0. The van der Waals surface area contributed by atoms with E-state index in [2.05, 4.69) is 10.2 Å². The van der Waals surface area contributed by atoms with Crippen LogP contribution in [0.3, 0.4) is 0 Å². The third kappa shape index (κ3) is 4.37. The van der Waals surface area contributed by atoms with Crippen molar-refractivity contribution in [1.29, 1.82) is 0 Å². The van der Waals surface area contributed by atoms with Gasteiger partial charge < -0.3 is 14.9 Å². The standard InChI is InChI=1S/C15H16N2O3/c18-10-1-11-20-15-8-4-13(5-9-15)17-16-12-2-6-14(19)7-3-12/h2-9,18-19H,1,10-11H2. The van der Waals surface area contributed by atoms with E-state index >= 15 is 0 Å². The van der Waals surface area contributed by atoms with E-state index in [4.69, 9.17) is 14.9 Å². The summed E-state index contributed by atoms with van der Waals surface area (Å²) in [5.41, 5.74) is 1.39. The Morgan fingerprint density at radius 3 is 1.95 bits per heavy atom. The quantitative estimate of drug-likeness (QED) is 0.623. The maximum absolute atomic E-state index is 9.16. The summed E-state index contributed by atoms with van der Waals surface area (Å²) in [7, 11) is 0. The Labute approximate surface area is 117 Å². The first kappa shape index (κ1) is 14.0. The van der Waals surface area contributed by atoms with Crippen molar-refractivity contribution in [3.63, 3.8) is 0 Å². The maximum atomic E-state index is 9.16. The van der Waals surface area contributed by atoms with E-state index in [1.165, 1.54) is 0 Å². The molecule has 0 bridgehead atoms. The Kier molecular flexibility index (Phi) is 5.08. The zero-order valence-electron chi connectivity index (χ0n) is 10.9. The Morgan fingerprint density at radius 2 is 1.40 bits per heavy atom. The van der Waals surface area contributed by atoms with Crippen LogP contribution < -0.4 is 4.74 Å². The Balaban J connectivity index is 1.94. The number of nitrogens with zero attached hydrogens (tertiary/aromatic N) is 2. The fraction of sp³-hybridized carbons (Fsp3) is 0.200. The predicted octanol–water partition coefficient (Wildman–Crippen LogP) is 3.57. The number of phenolic OH excluding ortho intramolecular Hbond substituents is 1. The van der Waals surface area contributed by atoms with Crippen LogP contribution in [0.25, 0.3) is 0 Å². The van der Waals surface area contributed by atoms with Crippen LogP contribution in [-0.2, 0) is 0 Å². The third-order valence-corrected chi connectivity index (χ3v) is 2.54. The van der Waals surface area contributed by atoms with Gasteiger partial charge in [0.1, 0.15) is 11.5 Å². The highest BCUT2D eigenvalue weighted by molar-refractivity contribution is 5.43. The van der Waals surface area contributed by atoms with Crippen molar-refractivity contribution >= 4 is 11.4 Å². The predicted molar refractivity (Wildman–Crippen MR) is 75.9 cm³/mol. The molecule has 0 aliphatic carbocycles. The second kappa shape index (κ2) is 7.25. The fourth-order valence-corrected chi connectivity index (χ4v) is 1.50. The van der Waals surface area contributed by atoms with Gasteiger partial charge in [-0.1, -0.05) is 0 Å². The van der Waals surface area contributed by atoms with Gasteiger partial charge in [0.2, 0.25) is 0 Å². The van der Waals surface area contributed by atoms with Gasteiger partial charge in [0, 0.05) is 13.0 Å². The van der Waals surface area contributed by atoms with Crippen molar-refractivity contribution in [3.8, 4) is 11.5 Å². The second-order valence-corrected chi connectivity index (χ2v) is 4.14. The molecule has 104 valence electrons. The zero-order valence-corrected chi connectivity index (χ0v) is 10.9. The van der Waals surface area contributed by atoms with Gasteiger partial charge in [0.05, 0.1) is 18.0 Å². The lowest BCUT2D eigenvalue weighted by atomic mass is 10.3. The second-order valence-electron chi connectivity index (χ2n) is 4.14. The largest absolute Gasteiger partial charge is 0.508 e. The minimum absolute atomic E-state index is 0.124. The van der Waals surface area contributed by atoms with Crippen molar-refractivity contribution in [2.24, 2.45) is 10.2 Å². The van der Waals surface area contributed by atoms with E-state index < -0.39 is 0 Å². The molecular formula is C15H16N2O3. The monoisotopic (exact) mass is 272 g/mol. The molecule has 2 aromatic carbocycles. The molecule has 0 radical (unpaired) electrons. The molecule has 0 heterocycles. The molecule has 0 aliphatic rings. The molecule has 2 N–H and O–H groups in total. The first-order valence-corrected chi connectivity index (χ1v) is 6.32. The summed E-state index contributed by atoms with van der Waals surface area (Å²) in [5.74, 6) is 0.940. The lowest BCUT2D eigenvalue weighted by Gasteiger charge is -2.04. The average Bonchev–Trinajstić information content (AvgIpc) is 2.48. The van der Waals surface area contributed by atoms with Gasteiger partial charge >= 0.3 is 0 Å². The minimum atomic E-state index is 0.124. The van der Waals surface area contributed by atoms with Crippen molar-refractivity contribution in [2.45, 2.75) is 6.42 Å². The molecule has 5 nitrogen and oxygen atoms in total. The van der Waals surface area contributed by atoms with E-state index in [-0.39, 0.29) is 12.4 Å². The molecule has 20 heavy (non-hydrogen) atoms. The molecule has 2 rings (SSSR count). The number of hydrogen-bond donors (Lipinski definition) is 2. The molecule has 0 unspecified atom stereocenters. The van der Waals surface area contributed by atoms with Gasteiger partial charge in [-0.15, -0.1) is 0 Å². The van der Waals surface area contributed by atoms with Gasteiger partial charge in [-0.3, -0.25) is 0 Å². The highest BCUT2D eigenvalue weighted by atomic mass is 16.5. The van der Waals surface area contributed by atoms with Crippen LogP contribution in [0.15, 0.2) is 58.8 Å². The van der Waals surface area contributed by atoms with E-state index in [1.54, 1.807) is 36.4 Å². The first-order valence-electron chi connectivity index (χ1n) is 6.32. The van der Waals surface area contributed by atoms with Crippen LogP contribution in [0.5, 0.6) is 11.5 Å². The lowest BCUT2D eigenvalue weighted by Crippen LogP contribution is -1.99. The Hall–Kier alpha value is -2.40. The van der Waals surface area contributed by atoms with Gasteiger partial charge in [-0.25, -0.2) is 0 Å². The number of hydrogen-bond acceptors (Lipinski definition) is 5. The number of azo groups is 1. The highest BCUT2D eigenvalue weighted by Gasteiger charge is 1.95. The number of benzene rings is 2. The van der Waals surface area contributed by atoms with Crippen molar-refractivity contribution in [1.82, 2.24) is 0 Å². The first-order chi connectivity index (χ1) is 9.78. The summed E-state index contributed by atoms with van der Waals surface area (Å²) < 4.78 is 5.42. The topological polar surface area (TPSA) is 74.4 Å². The molecular weight excluding hydrogens is 256 g/mol. The lowest BCUT2D eigenvalue weighted by molar-refractivity contribution is 0.233. The van der Waals surface area contributed by atoms with E-state index in [0.29, 0.717) is 24.4 Å². The summed E-state index contributed by atoms with van der Waals surface area (Å²) in [4.78, 5) is 0. The van der Waals surface area contributed by atoms with E-state index in [1.807, 2.05) is 12.1 Å². The smallest absolute Gasteiger partial charge is 0.119 e. The molecule has 0 saturated heterocycles. The summed E-state index contributed by atoms with van der Waals surface area (Å²) in [6.45, 7) is 0.615. The molecule has 0 aromatic heterocycles. The SMILES string of the molecule is OCCCOc1ccc(N=Nc2ccc(O)cc2)cc1. The van der Waals surface area contributed by atoms with Crippen LogP contribution in [0.1, 0.15) is 6.42 Å².